The first-order valence-electron chi connectivity index (χ1n) is 6.29. The Labute approximate surface area is 120 Å². The summed E-state index contributed by atoms with van der Waals surface area (Å²) in [5.41, 5.74) is 0.751. The van der Waals surface area contributed by atoms with Gasteiger partial charge in [0.15, 0.2) is 11.6 Å². The molecular weight excluding hydrogens is 277 g/mol. The minimum Gasteiger partial charge on any atom is -0.454 e. The number of para-hydroxylation sites is 1. The largest absolute Gasteiger partial charge is 0.454 e. The van der Waals surface area contributed by atoms with Crippen LogP contribution in [0.4, 0.5) is 10.1 Å². The monoisotopic (exact) mass is 291 g/mol. The van der Waals surface area contributed by atoms with Gasteiger partial charge in [-0.15, -0.1) is 0 Å². The van der Waals surface area contributed by atoms with Gasteiger partial charge in [0, 0.05) is 17.7 Å². The van der Waals surface area contributed by atoms with Gasteiger partial charge in [-0.25, -0.2) is 4.39 Å². The molecule has 0 heterocycles. The summed E-state index contributed by atoms with van der Waals surface area (Å²) >= 11 is 0. The third-order valence-corrected chi connectivity index (χ3v) is 3.03. The van der Waals surface area contributed by atoms with Gasteiger partial charge in [0.1, 0.15) is 5.75 Å². The Balaban J connectivity index is 2.41. The van der Waals surface area contributed by atoms with Crippen LogP contribution in [0.3, 0.4) is 0 Å². The van der Waals surface area contributed by atoms with Gasteiger partial charge < -0.3 is 9.84 Å². The third kappa shape index (κ3) is 3.17. The summed E-state index contributed by atoms with van der Waals surface area (Å²) < 4.78 is 19.4. The normalized spacial score (nSPS) is 12.0. The lowest BCUT2D eigenvalue weighted by molar-refractivity contribution is -0.384. The minimum atomic E-state index is -0.894. The maximum Gasteiger partial charge on any atom is 0.269 e. The summed E-state index contributed by atoms with van der Waals surface area (Å²) in [7, 11) is 0. The van der Waals surface area contributed by atoms with E-state index in [1.807, 2.05) is 0 Å². The van der Waals surface area contributed by atoms with Gasteiger partial charge in [0.2, 0.25) is 0 Å². The van der Waals surface area contributed by atoms with Crippen LogP contribution in [0.1, 0.15) is 24.2 Å². The summed E-state index contributed by atoms with van der Waals surface area (Å²) in [5, 5.41) is 20.3. The lowest BCUT2D eigenvalue weighted by Gasteiger charge is -2.15. The molecule has 0 aliphatic carbocycles. The lowest BCUT2D eigenvalue weighted by Crippen LogP contribution is -2.00. The molecule has 0 aliphatic rings. The molecule has 6 heteroatoms. The molecule has 5 nitrogen and oxygen atoms in total. The van der Waals surface area contributed by atoms with Crippen molar-refractivity contribution < 1.29 is 19.2 Å². The molecule has 2 rings (SSSR count). The fourth-order valence-electron chi connectivity index (χ4n) is 1.93. The van der Waals surface area contributed by atoms with Crippen molar-refractivity contribution in [2.75, 3.05) is 0 Å². The number of non-ortho nitro benzene ring substituents is 1. The molecule has 0 bridgehead atoms. The highest BCUT2D eigenvalue weighted by atomic mass is 19.1. The van der Waals surface area contributed by atoms with E-state index in [9.17, 15) is 19.6 Å². The molecule has 1 unspecified atom stereocenters. The SMILES string of the molecule is Cc1cc([N+](=O)[O-])ccc1Oc1c(F)cccc1C(C)O. The zero-order valence-electron chi connectivity index (χ0n) is 11.5. The number of aryl methyl sites for hydroxylation is 1. The predicted molar refractivity (Wildman–Crippen MR) is 74.9 cm³/mol. The van der Waals surface area contributed by atoms with E-state index in [0.717, 1.165) is 0 Å². The third-order valence-electron chi connectivity index (χ3n) is 3.03. The van der Waals surface area contributed by atoms with E-state index in [4.69, 9.17) is 4.74 Å². The number of hydrogen-bond donors (Lipinski definition) is 1. The second-order valence-corrected chi connectivity index (χ2v) is 4.64. The fourth-order valence-corrected chi connectivity index (χ4v) is 1.93. The van der Waals surface area contributed by atoms with Gasteiger partial charge in [-0.05, 0) is 31.5 Å². The average Bonchev–Trinajstić information content (AvgIpc) is 2.42. The number of nitro groups is 1. The Morgan fingerprint density at radius 2 is 2.05 bits per heavy atom. The fraction of sp³-hybridized carbons (Fsp3) is 0.200. The number of ether oxygens (including phenoxy) is 1. The quantitative estimate of drug-likeness (QED) is 0.685. The molecule has 0 saturated heterocycles. The van der Waals surface area contributed by atoms with Gasteiger partial charge in [-0.1, -0.05) is 12.1 Å². The van der Waals surface area contributed by atoms with Crippen LogP contribution in [0, 0.1) is 22.9 Å². The lowest BCUT2D eigenvalue weighted by atomic mass is 10.1. The summed E-state index contributed by atoms with van der Waals surface area (Å²) in [6.07, 6.45) is -0.894. The number of rotatable bonds is 4. The zero-order valence-corrected chi connectivity index (χ0v) is 11.5. The number of benzene rings is 2. The van der Waals surface area contributed by atoms with Crippen molar-refractivity contribution in [1.82, 2.24) is 0 Å². The number of hydrogen-bond acceptors (Lipinski definition) is 4. The molecule has 0 radical (unpaired) electrons. The highest BCUT2D eigenvalue weighted by Crippen LogP contribution is 2.34. The summed E-state index contributed by atoms with van der Waals surface area (Å²) in [6, 6.07) is 8.30. The second kappa shape index (κ2) is 5.88. The molecule has 0 aliphatic heterocycles. The van der Waals surface area contributed by atoms with Gasteiger partial charge in [0.25, 0.3) is 5.69 Å². The van der Waals surface area contributed by atoms with E-state index < -0.39 is 16.8 Å². The molecule has 0 fully saturated rings. The Bertz CT molecular complexity index is 685. The van der Waals surface area contributed by atoms with E-state index in [0.29, 0.717) is 16.9 Å². The maximum atomic E-state index is 13.9. The topological polar surface area (TPSA) is 72.6 Å². The Morgan fingerprint density at radius 1 is 1.33 bits per heavy atom. The highest BCUT2D eigenvalue weighted by Gasteiger charge is 2.16. The minimum absolute atomic E-state index is 0.0656. The van der Waals surface area contributed by atoms with Gasteiger partial charge >= 0.3 is 0 Å². The summed E-state index contributed by atoms with van der Waals surface area (Å²) in [4.78, 5) is 10.2. The van der Waals surface area contributed by atoms with Crippen LogP contribution in [0.25, 0.3) is 0 Å². The first-order chi connectivity index (χ1) is 9.90. The van der Waals surface area contributed by atoms with Crippen LogP contribution in [-0.2, 0) is 0 Å². The number of halogens is 1. The van der Waals surface area contributed by atoms with E-state index in [2.05, 4.69) is 0 Å². The first kappa shape index (κ1) is 14.9. The number of aliphatic hydroxyl groups is 1. The second-order valence-electron chi connectivity index (χ2n) is 4.64. The Kier molecular flexibility index (Phi) is 4.18. The van der Waals surface area contributed by atoms with Crippen molar-refractivity contribution >= 4 is 5.69 Å². The van der Waals surface area contributed by atoms with Gasteiger partial charge in [-0.3, -0.25) is 10.1 Å². The zero-order chi connectivity index (χ0) is 15.6. The van der Waals surface area contributed by atoms with Gasteiger partial charge in [-0.2, -0.15) is 0 Å². The van der Waals surface area contributed by atoms with E-state index in [-0.39, 0.29) is 11.4 Å². The standard InChI is InChI=1S/C15H14FNO4/c1-9-8-11(17(19)20)6-7-14(9)21-15-12(10(2)18)4-3-5-13(15)16/h3-8,10,18H,1-2H3. The number of nitro benzene ring substituents is 1. The molecule has 0 amide bonds. The molecule has 1 N–H and O–H groups in total. The number of aliphatic hydroxyl groups excluding tert-OH is 1. The smallest absolute Gasteiger partial charge is 0.269 e. The van der Waals surface area contributed by atoms with Crippen LogP contribution in [0.5, 0.6) is 11.5 Å². The summed E-state index contributed by atoms with van der Waals surface area (Å²) in [6.45, 7) is 3.13. The van der Waals surface area contributed by atoms with Gasteiger partial charge in [0.05, 0.1) is 11.0 Å². The average molecular weight is 291 g/mol. The summed E-state index contributed by atoms with van der Waals surface area (Å²) in [5.74, 6) is -0.386. The molecule has 1 atom stereocenters. The van der Waals surface area contributed by atoms with Crippen molar-refractivity contribution in [3.05, 3.63) is 63.5 Å². The first-order valence-corrected chi connectivity index (χ1v) is 6.29. The van der Waals surface area contributed by atoms with Crippen LogP contribution >= 0.6 is 0 Å². The molecule has 0 saturated carbocycles. The Morgan fingerprint density at radius 3 is 2.62 bits per heavy atom. The van der Waals surface area contributed by atoms with Crippen LogP contribution in [0.2, 0.25) is 0 Å². The van der Waals surface area contributed by atoms with Crippen molar-refractivity contribution in [3.8, 4) is 11.5 Å². The van der Waals surface area contributed by atoms with E-state index in [1.165, 1.54) is 37.3 Å². The van der Waals surface area contributed by atoms with Crippen LogP contribution in [0.15, 0.2) is 36.4 Å². The molecule has 110 valence electrons. The van der Waals surface area contributed by atoms with Crippen molar-refractivity contribution in [1.29, 1.82) is 0 Å². The highest BCUT2D eigenvalue weighted by molar-refractivity contribution is 5.47. The van der Waals surface area contributed by atoms with E-state index >= 15 is 0 Å². The maximum absolute atomic E-state index is 13.9. The van der Waals surface area contributed by atoms with Crippen molar-refractivity contribution in [3.63, 3.8) is 0 Å². The van der Waals surface area contributed by atoms with Crippen molar-refractivity contribution in [2.24, 2.45) is 0 Å². The molecule has 2 aromatic rings. The van der Waals surface area contributed by atoms with Crippen LogP contribution in [-0.4, -0.2) is 10.0 Å². The molecular formula is C15H14FNO4. The molecule has 2 aromatic carbocycles. The molecule has 0 aromatic heterocycles. The molecule has 0 spiro atoms. The molecule has 21 heavy (non-hydrogen) atoms. The van der Waals surface area contributed by atoms with E-state index in [1.54, 1.807) is 13.0 Å². The number of nitrogens with zero attached hydrogens (tertiary/aromatic N) is 1. The van der Waals surface area contributed by atoms with Crippen LogP contribution < -0.4 is 4.74 Å². The predicted octanol–water partition coefficient (Wildman–Crippen LogP) is 3.89. The van der Waals surface area contributed by atoms with Crippen molar-refractivity contribution in [2.45, 2.75) is 20.0 Å². The Hall–Kier alpha value is -2.47.